The number of ether oxygens (including phenoxy) is 1. The van der Waals surface area contributed by atoms with E-state index in [2.05, 4.69) is 10.2 Å². The summed E-state index contributed by atoms with van der Waals surface area (Å²) in [6.07, 6.45) is 2.24. The van der Waals surface area contributed by atoms with E-state index in [1.165, 1.54) is 0 Å². The number of nitrogens with one attached hydrogen (secondary N) is 1. The number of piperidine rings is 1. The van der Waals surface area contributed by atoms with Crippen molar-refractivity contribution in [2.24, 2.45) is 0 Å². The molecule has 2 rings (SSSR count). The van der Waals surface area contributed by atoms with Gasteiger partial charge in [-0.05, 0) is 45.7 Å². The van der Waals surface area contributed by atoms with E-state index in [0.29, 0.717) is 5.56 Å². The Labute approximate surface area is 131 Å². The maximum Gasteiger partial charge on any atom is 0.407 e. The summed E-state index contributed by atoms with van der Waals surface area (Å²) in [7, 11) is 0. The van der Waals surface area contributed by atoms with Gasteiger partial charge in [-0.15, -0.1) is 0 Å². The van der Waals surface area contributed by atoms with Crippen molar-refractivity contribution in [1.82, 2.24) is 5.32 Å². The first kappa shape index (κ1) is 16.3. The van der Waals surface area contributed by atoms with Gasteiger partial charge in [-0.2, -0.15) is 0 Å². The summed E-state index contributed by atoms with van der Waals surface area (Å²) < 4.78 is 5.28. The minimum absolute atomic E-state index is 0.139. The standard InChI is InChI=1S/C17H24N2O3/c1-17(2,3)22-16(21)18-14-7-9-19(10-8-14)15-6-4-5-13(11-15)12-20/h4-6,11-12,14H,7-10H2,1-3H3,(H,18,21). The quantitative estimate of drug-likeness (QED) is 0.872. The SMILES string of the molecule is CC(C)(C)OC(=O)NC1CCN(c2cccc(C=O)c2)CC1. The lowest BCUT2D eigenvalue weighted by Crippen LogP contribution is -2.46. The van der Waals surface area contributed by atoms with Gasteiger partial charge in [0.1, 0.15) is 11.9 Å². The van der Waals surface area contributed by atoms with Crippen LogP contribution >= 0.6 is 0 Å². The Morgan fingerprint density at radius 2 is 2.00 bits per heavy atom. The van der Waals surface area contributed by atoms with Crippen molar-refractivity contribution in [3.63, 3.8) is 0 Å². The van der Waals surface area contributed by atoms with Crippen molar-refractivity contribution >= 4 is 18.1 Å². The predicted octanol–water partition coefficient (Wildman–Crippen LogP) is 2.99. The molecule has 22 heavy (non-hydrogen) atoms. The van der Waals surface area contributed by atoms with Gasteiger partial charge in [0.2, 0.25) is 0 Å². The first-order valence-electron chi connectivity index (χ1n) is 7.67. The number of hydrogen-bond acceptors (Lipinski definition) is 4. The molecule has 1 aromatic rings. The highest BCUT2D eigenvalue weighted by atomic mass is 16.6. The zero-order valence-electron chi connectivity index (χ0n) is 13.5. The minimum Gasteiger partial charge on any atom is -0.444 e. The molecule has 1 amide bonds. The van der Waals surface area contributed by atoms with Gasteiger partial charge in [-0.3, -0.25) is 4.79 Å². The van der Waals surface area contributed by atoms with Gasteiger partial charge < -0.3 is 15.0 Å². The van der Waals surface area contributed by atoms with Crippen LogP contribution in [0.15, 0.2) is 24.3 Å². The highest BCUT2D eigenvalue weighted by Gasteiger charge is 2.23. The largest absolute Gasteiger partial charge is 0.444 e. The van der Waals surface area contributed by atoms with E-state index in [9.17, 15) is 9.59 Å². The number of rotatable bonds is 3. The van der Waals surface area contributed by atoms with Gasteiger partial charge in [-0.25, -0.2) is 4.79 Å². The lowest BCUT2D eigenvalue weighted by molar-refractivity contribution is 0.0497. The van der Waals surface area contributed by atoms with Crippen LogP contribution in [0.1, 0.15) is 44.0 Å². The molecule has 0 unspecified atom stereocenters. The average molecular weight is 304 g/mol. The summed E-state index contributed by atoms with van der Waals surface area (Å²) in [6, 6.07) is 7.74. The van der Waals surface area contributed by atoms with Gasteiger partial charge in [0, 0.05) is 30.4 Å². The number of carbonyl (C=O) groups is 2. The normalized spacial score (nSPS) is 16.2. The Hall–Kier alpha value is -2.04. The van der Waals surface area contributed by atoms with Crippen LogP contribution in [0.25, 0.3) is 0 Å². The Balaban J connectivity index is 1.85. The lowest BCUT2D eigenvalue weighted by atomic mass is 10.0. The molecule has 1 saturated heterocycles. The maximum atomic E-state index is 11.8. The summed E-state index contributed by atoms with van der Waals surface area (Å²) in [5.41, 5.74) is 1.27. The number of hydrogen-bond donors (Lipinski definition) is 1. The Morgan fingerprint density at radius 3 is 2.59 bits per heavy atom. The van der Waals surface area contributed by atoms with Crippen molar-refractivity contribution < 1.29 is 14.3 Å². The Bertz CT molecular complexity index is 529. The molecule has 120 valence electrons. The summed E-state index contributed by atoms with van der Waals surface area (Å²) in [4.78, 5) is 24.9. The monoisotopic (exact) mass is 304 g/mol. The summed E-state index contributed by atoms with van der Waals surface area (Å²) >= 11 is 0. The predicted molar refractivity (Wildman–Crippen MR) is 86.4 cm³/mol. The molecule has 1 aliphatic rings. The zero-order valence-corrected chi connectivity index (χ0v) is 13.5. The van der Waals surface area contributed by atoms with Gasteiger partial charge in [0.05, 0.1) is 0 Å². The molecule has 1 aliphatic heterocycles. The fourth-order valence-corrected chi connectivity index (χ4v) is 2.55. The summed E-state index contributed by atoms with van der Waals surface area (Å²) in [5, 5.41) is 2.93. The molecule has 1 aromatic carbocycles. The third kappa shape index (κ3) is 4.76. The molecule has 0 atom stereocenters. The van der Waals surface area contributed by atoms with Crippen LogP contribution in [0.5, 0.6) is 0 Å². The van der Waals surface area contributed by atoms with E-state index in [1.54, 1.807) is 6.07 Å². The zero-order chi connectivity index (χ0) is 16.2. The smallest absolute Gasteiger partial charge is 0.407 e. The van der Waals surface area contributed by atoms with Gasteiger partial charge >= 0.3 is 6.09 Å². The first-order chi connectivity index (χ1) is 10.4. The second kappa shape index (κ2) is 6.81. The molecular weight excluding hydrogens is 280 g/mol. The number of carbonyl (C=O) groups excluding carboxylic acids is 2. The van der Waals surface area contributed by atoms with Crippen LogP contribution < -0.4 is 10.2 Å². The van der Waals surface area contributed by atoms with Gasteiger partial charge in [-0.1, -0.05) is 12.1 Å². The number of aldehydes is 1. The molecule has 0 bridgehead atoms. The highest BCUT2D eigenvalue weighted by Crippen LogP contribution is 2.21. The van der Waals surface area contributed by atoms with Gasteiger partial charge in [0.15, 0.2) is 0 Å². The number of benzene rings is 1. The van der Waals surface area contributed by atoms with Crippen molar-refractivity contribution in [1.29, 1.82) is 0 Å². The molecule has 0 saturated carbocycles. The van der Waals surface area contributed by atoms with E-state index in [4.69, 9.17) is 4.74 Å². The number of amides is 1. The van der Waals surface area contributed by atoms with E-state index >= 15 is 0 Å². The molecule has 5 heteroatoms. The molecule has 0 aromatic heterocycles. The second-order valence-corrected chi connectivity index (χ2v) is 6.62. The van der Waals surface area contributed by atoms with Crippen LogP contribution in [0.3, 0.4) is 0 Å². The fraction of sp³-hybridized carbons (Fsp3) is 0.529. The number of nitrogens with zero attached hydrogens (tertiary/aromatic N) is 1. The van der Waals surface area contributed by atoms with E-state index in [-0.39, 0.29) is 12.1 Å². The van der Waals surface area contributed by atoms with Crippen LogP contribution in [0, 0.1) is 0 Å². The fourth-order valence-electron chi connectivity index (χ4n) is 2.55. The summed E-state index contributed by atoms with van der Waals surface area (Å²) in [6.45, 7) is 7.27. The molecule has 0 aliphatic carbocycles. The Kier molecular flexibility index (Phi) is 5.06. The maximum absolute atomic E-state index is 11.8. The van der Waals surface area contributed by atoms with Crippen molar-refractivity contribution in [3.8, 4) is 0 Å². The Morgan fingerprint density at radius 1 is 1.32 bits per heavy atom. The number of alkyl carbamates (subject to hydrolysis) is 1. The minimum atomic E-state index is -0.472. The second-order valence-electron chi connectivity index (χ2n) is 6.62. The molecule has 5 nitrogen and oxygen atoms in total. The highest BCUT2D eigenvalue weighted by molar-refractivity contribution is 5.77. The average Bonchev–Trinajstić information content (AvgIpc) is 2.46. The molecule has 0 spiro atoms. The van der Waals surface area contributed by atoms with E-state index < -0.39 is 5.60 Å². The van der Waals surface area contributed by atoms with Gasteiger partial charge in [0.25, 0.3) is 0 Å². The van der Waals surface area contributed by atoms with Crippen molar-refractivity contribution in [3.05, 3.63) is 29.8 Å². The van der Waals surface area contributed by atoms with Crippen LogP contribution in [-0.2, 0) is 4.74 Å². The first-order valence-corrected chi connectivity index (χ1v) is 7.67. The molecule has 1 N–H and O–H groups in total. The van der Waals surface area contributed by atoms with Crippen LogP contribution in [-0.4, -0.2) is 37.1 Å². The lowest BCUT2D eigenvalue weighted by Gasteiger charge is -2.34. The number of anilines is 1. The molecular formula is C17H24N2O3. The third-order valence-corrected chi connectivity index (χ3v) is 3.59. The summed E-state index contributed by atoms with van der Waals surface area (Å²) in [5.74, 6) is 0. The molecule has 0 radical (unpaired) electrons. The third-order valence-electron chi connectivity index (χ3n) is 3.59. The molecule has 1 heterocycles. The topological polar surface area (TPSA) is 58.6 Å². The van der Waals surface area contributed by atoms with E-state index in [0.717, 1.165) is 37.9 Å². The van der Waals surface area contributed by atoms with Crippen molar-refractivity contribution in [2.45, 2.75) is 45.3 Å². The molecule has 1 fully saturated rings. The van der Waals surface area contributed by atoms with Crippen LogP contribution in [0.4, 0.5) is 10.5 Å². The van der Waals surface area contributed by atoms with Crippen molar-refractivity contribution in [2.75, 3.05) is 18.0 Å². The van der Waals surface area contributed by atoms with Crippen LogP contribution in [0.2, 0.25) is 0 Å². The van der Waals surface area contributed by atoms with E-state index in [1.807, 2.05) is 39.0 Å².